The summed E-state index contributed by atoms with van der Waals surface area (Å²) in [6.45, 7) is 4.77. The molecule has 3 rings (SSSR count). The Morgan fingerprint density at radius 3 is 2.75 bits per heavy atom. The topological polar surface area (TPSA) is 55.3 Å². The fraction of sp³-hybridized carbons (Fsp3) is 0.688. The van der Waals surface area contributed by atoms with Crippen LogP contribution in [0.15, 0.2) is 0 Å². The highest BCUT2D eigenvalue weighted by atomic mass is 19.4. The second-order valence-electron chi connectivity index (χ2n) is 6.44. The second kappa shape index (κ2) is 6.31. The van der Waals surface area contributed by atoms with Gasteiger partial charge in [-0.15, -0.1) is 0 Å². The smallest absolute Gasteiger partial charge is 0.377 e. The minimum Gasteiger partial charge on any atom is -0.377 e. The molecule has 0 saturated carbocycles. The number of aryl methyl sites for hydroxylation is 2. The van der Waals surface area contributed by atoms with Gasteiger partial charge in [0.15, 0.2) is 5.69 Å². The van der Waals surface area contributed by atoms with Gasteiger partial charge in [-0.3, -0.25) is 4.79 Å². The number of halogens is 3. The van der Waals surface area contributed by atoms with E-state index >= 15 is 0 Å². The van der Waals surface area contributed by atoms with Crippen molar-refractivity contribution in [2.75, 3.05) is 19.8 Å². The highest BCUT2D eigenvalue weighted by Crippen LogP contribution is 2.36. The van der Waals surface area contributed by atoms with Crippen molar-refractivity contribution in [2.24, 2.45) is 5.92 Å². The van der Waals surface area contributed by atoms with Crippen molar-refractivity contribution in [1.82, 2.24) is 14.9 Å². The van der Waals surface area contributed by atoms with E-state index in [4.69, 9.17) is 4.74 Å². The van der Waals surface area contributed by atoms with Crippen molar-refractivity contribution >= 4 is 5.91 Å². The number of hydrogen-bond donors (Lipinski definition) is 0. The third-order valence-corrected chi connectivity index (χ3v) is 4.65. The molecule has 1 aromatic rings. The highest BCUT2D eigenvalue weighted by molar-refractivity contribution is 5.80. The summed E-state index contributed by atoms with van der Waals surface area (Å²) < 4.78 is 45.2. The van der Waals surface area contributed by atoms with Crippen molar-refractivity contribution in [3.63, 3.8) is 0 Å². The molecular weight excluding hydrogens is 323 g/mol. The summed E-state index contributed by atoms with van der Waals surface area (Å²) in [6, 6.07) is -0.0519. The molecule has 0 radical (unpaired) electrons. The van der Waals surface area contributed by atoms with Crippen LogP contribution >= 0.6 is 0 Å². The third-order valence-electron chi connectivity index (χ3n) is 4.65. The molecule has 0 unspecified atom stereocenters. The van der Waals surface area contributed by atoms with Crippen LogP contribution in [0.4, 0.5) is 13.2 Å². The van der Waals surface area contributed by atoms with Gasteiger partial charge in [0.1, 0.15) is 5.82 Å². The van der Waals surface area contributed by atoms with Gasteiger partial charge in [-0.05, 0) is 33.1 Å². The Bertz CT molecular complexity index is 648. The summed E-state index contributed by atoms with van der Waals surface area (Å²) >= 11 is 0. The molecule has 1 amide bonds. The number of carbonyl (C=O) groups is 1. The molecule has 0 N–H and O–H groups in total. The third kappa shape index (κ3) is 3.24. The van der Waals surface area contributed by atoms with E-state index in [2.05, 4.69) is 9.97 Å². The number of hydrogen-bond acceptors (Lipinski definition) is 4. The zero-order valence-electron chi connectivity index (χ0n) is 13.7. The number of carbonyl (C=O) groups excluding carboxylic acids is 1. The summed E-state index contributed by atoms with van der Waals surface area (Å²) in [4.78, 5) is 22.2. The zero-order valence-corrected chi connectivity index (χ0v) is 13.7. The molecule has 1 aliphatic heterocycles. The van der Waals surface area contributed by atoms with Crippen molar-refractivity contribution in [2.45, 2.75) is 45.3 Å². The van der Waals surface area contributed by atoms with Crippen LogP contribution in [-0.4, -0.2) is 46.6 Å². The molecule has 132 valence electrons. The van der Waals surface area contributed by atoms with E-state index in [0.29, 0.717) is 38.3 Å². The highest BCUT2D eigenvalue weighted by Gasteiger charge is 2.41. The summed E-state index contributed by atoms with van der Waals surface area (Å²) in [5.74, 6) is -0.428. The quantitative estimate of drug-likeness (QED) is 0.784. The predicted octanol–water partition coefficient (Wildman–Crippen LogP) is 2.16. The van der Waals surface area contributed by atoms with Gasteiger partial charge in [-0.1, -0.05) is 0 Å². The molecule has 24 heavy (non-hydrogen) atoms. The fourth-order valence-electron chi connectivity index (χ4n) is 3.47. The van der Waals surface area contributed by atoms with Gasteiger partial charge in [0.25, 0.3) is 0 Å². The number of amides is 1. The van der Waals surface area contributed by atoms with Crippen LogP contribution in [0.5, 0.6) is 0 Å². The van der Waals surface area contributed by atoms with Gasteiger partial charge in [0.2, 0.25) is 5.91 Å². The number of ether oxygens (including phenoxy) is 1. The van der Waals surface area contributed by atoms with Gasteiger partial charge in [-0.2, -0.15) is 13.2 Å². The van der Waals surface area contributed by atoms with Crippen molar-refractivity contribution in [1.29, 1.82) is 0 Å². The van der Waals surface area contributed by atoms with Gasteiger partial charge in [0.05, 0.1) is 19.3 Å². The number of fused-ring (bicyclic) bond motifs is 1. The maximum Gasteiger partial charge on any atom is 0.433 e. The molecule has 0 bridgehead atoms. The normalized spacial score (nSPS) is 24.6. The lowest BCUT2D eigenvalue weighted by molar-refractivity contribution is -0.146. The van der Waals surface area contributed by atoms with E-state index in [1.165, 1.54) is 6.92 Å². The number of nitrogens with zero attached hydrogens (tertiary/aromatic N) is 3. The summed E-state index contributed by atoms with van der Waals surface area (Å²) in [5, 5.41) is 0. The van der Waals surface area contributed by atoms with Crippen LogP contribution < -0.4 is 0 Å². The first-order valence-electron chi connectivity index (χ1n) is 8.09. The molecule has 0 spiro atoms. The molecule has 1 aromatic heterocycles. The monoisotopic (exact) mass is 343 g/mol. The Hall–Kier alpha value is -1.70. The minimum atomic E-state index is -4.53. The average molecular weight is 343 g/mol. The first kappa shape index (κ1) is 17.1. The molecule has 8 heteroatoms. The molecule has 0 aromatic carbocycles. The molecule has 1 saturated heterocycles. The summed E-state index contributed by atoms with van der Waals surface area (Å²) in [7, 11) is 0. The van der Waals surface area contributed by atoms with Crippen LogP contribution in [-0.2, 0) is 28.5 Å². The van der Waals surface area contributed by atoms with E-state index in [1.807, 2.05) is 6.92 Å². The van der Waals surface area contributed by atoms with E-state index in [9.17, 15) is 18.0 Å². The average Bonchev–Trinajstić information content (AvgIpc) is 2.52. The molecule has 2 atom stereocenters. The van der Waals surface area contributed by atoms with E-state index in [0.717, 1.165) is 0 Å². The fourth-order valence-corrected chi connectivity index (χ4v) is 3.47. The Morgan fingerprint density at radius 2 is 2.08 bits per heavy atom. The van der Waals surface area contributed by atoms with Crippen LogP contribution in [0.3, 0.4) is 0 Å². The van der Waals surface area contributed by atoms with Crippen LogP contribution in [0.25, 0.3) is 0 Å². The predicted molar refractivity (Wildman–Crippen MR) is 79.3 cm³/mol. The standard InChI is InChI=1S/C16H20F3N3O2/c1-9-8-24-6-5-22(9)15(23)11-3-4-13-12(7-11)14(16(17,18)19)21-10(2)20-13/h9,11H,3-8H2,1-2H3/t9-,11+/m0/s1. The van der Waals surface area contributed by atoms with Crippen LogP contribution in [0, 0.1) is 12.8 Å². The number of aromatic nitrogens is 2. The maximum absolute atomic E-state index is 13.3. The molecule has 2 aliphatic rings. The number of rotatable bonds is 1. The molecule has 1 aliphatic carbocycles. The first-order chi connectivity index (χ1) is 11.3. The molecule has 2 heterocycles. The summed E-state index contributed by atoms with van der Waals surface area (Å²) in [5.41, 5.74) is -0.384. The van der Waals surface area contributed by atoms with Crippen molar-refractivity contribution in [3.05, 3.63) is 22.8 Å². The Balaban J connectivity index is 1.87. The minimum absolute atomic E-state index is 0.0490. The molecular formula is C16H20F3N3O2. The second-order valence-corrected chi connectivity index (χ2v) is 6.44. The van der Waals surface area contributed by atoms with Crippen molar-refractivity contribution in [3.8, 4) is 0 Å². The van der Waals surface area contributed by atoms with E-state index in [1.54, 1.807) is 4.90 Å². The van der Waals surface area contributed by atoms with Crippen LogP contribution in [0.2, 0.25) is 0 Å². The van der Waals surface area contributed by atoms with E-state index < -0.39 is 17.8 Å². The van der Waals surface area contributed by atoms with E-state index in [-0.39, 0.29) is 29.8 Å². The molecule has 5 nitrogen and oxygen atoms in total. The maximum atomic E-state index is 13.3. The number of morpholine rings is 1. The Labute approximate surface area is 138 Å². The molecule has 1 fully saturated rings. The van der Waals surface area contributed by atoms with Gasteiger partial charge >= 0.3 is 6.18 Å². The Morgan fingerprint density at radius 1 is 1.33 bits per heavy atom. The zero-order chi connectivity index (χ0) is 17.5. The lowest BCUT2D eigenvalue weighted by atomic mass is 9.84. The first-order valence-corrected chi connectivity index (χ1v) is 8.09. The summed E-state index contributed by atoms with van der Waals surface area (Å²) in [6.07, 6.45) is -3.59. The van der Waals surface area contributed by atoms with Gasteiger partial charge in [-0.25, -0.2) is 9.97 Å². The lowest BCUT2D eigenvalue weighted by Crippen LogP contribution is -2.50. The van der Waals surface area contributed by atoms with Gasteiger partial charge < -0.3 is 9.64 Å². The largest absolute Gasteiger partial charge is 0.433 e. The van der Waals surface area contributed by atoms with Crippen molar-refractivity contribution < 1.29 is 22.7 Å². The van der Waals surface area contributed by atoms with Gasteiger partial charge in [0, 0.05) is 23.7 Å². The SMILES string of the molecule is Cc1nc2c(c(C(F)(F)F)n1)C[C@H](C(=O)N1CCOC[C@@H]1C)CC2. The number of alkyl halides is 3. The Kier molecular flexibility index (Phi) is 4.50. The lowest BCUT2D eigenvalue weighted by Gasteiger charge is -2.37. The van der Waals surface area contributed by atoms with Crippen LogP contribution in [0.1, 0.15) is 36.1 Å².